The van der Waals surface area contributed by atoms with Crippen molar-refractivity contribution in [2.45, 2.75) is 31.3 Å². The fourth-order valence-corrected chi connectivity index (χ4v) is 2.34. The van der Waals surface area contributed by atoms with Crippen LogP contribution >= 0.6 is 0 Å². The summed E-state index contributed by atoms with van der Waals surface area (Å²) in [6.07, 6.45) is 0. The summed E-state index contributed by atoms with van der Waals surface area (Å²) in [4.78, 5) is -0.0132. The maximum absolute atomic E-state index is 11.4. The molecular formula is C11H19N3O3S. The van der Waals surface area contributed by atoms with E-state index in [2.05, 4.69) is 5.32 Å². The predicted octanol–water partition coefficient (Wildman–Crippen LogP) is 0.407. The highest BCUT2D eigenvalue weighted by molar-refractivity contribution is 7.89. The van der Waals surface area contributed by atoms with Gasteiger partial charge in [0.25, 0.3) is 0 Å². The summed E-state index contributed by atoms with van der Waals surface area (Å²) >= 11 is 0. The maximum Gasteiger partial charge on any atom is 0.238 e. The molecule has 0 aliphatic carbocycles. The summed E-state index contributed by atoms with van der Waals surface area (Å²) in [6.45, 7) is 5.18. The van der Waals surface area contributed by atoms with Gasteiger partial charge in [0.15, 0.2) is 0 Å². The van der Waals surface area contributed by atoms with Crippen molar-refractivity contribution in [1.82, 2.24) is 0 Å². The molecule has 0 aliphatic heterocycles. The van der Waals surface area contributed by atoms with Crippen LogP contribution in [-0.2, 0) is 10.0 Å². The van der Waals surface area contributed by atoms with Crippen LogP contribution in [0.4, 0.5) is 11.4 Å². The highest BCUT2D eigenvalue weighted by Crippen LogP contribution is 2.26. The minimum absolute atomic E-state index is 0.0132. The summed E-state index contributed by atoms with van der Waals surface area (Å²) in [6, 6.07) is 2.93. The molecule has 7 heteroatoms. The lowest BCUT2D eigenvalue weighted by Crippen LogP contribution is -2.29. The summed E-state index contributed by atoms with van der Waals surface area (Å²) < 4.78 is 22.8. The van der Waals surface area contributed by atoms with Crippen LogP contribution in [0, 0.1) is 6.92 Å². The smallest absolute Gasteiger partial charge is 0.238 e. The highest BCUT2D eigenvalue weighted by Gasteiger charge is 2.17. The van der Waals surface area contributed by atoms with Crippen LogP contribution in [0.5, 0.6) is 0 Å². The molecule has 0 heterocycles. The topological polar surface area (TPSA) is 118 Å². The molecule has 102 valence electrons. The first-order valence-corrected chi connectivity index (χ1v) is 6.94. The first kappa shape index (κ1) is 14.7. The molecule has 0 fully saturated rings. The van der Waals surface area contributed by atoms with Crippen molar-refractivity contribution in [3.8, 4) is 0 Å². The summed E-state index contributed by atoms with van der Waals surface area (Å²) in [5, 5.41) is 17.7. The van der Waals surface area contributed by atoms with Gasteiger partial charge in [-0.3, -0.25) is 0 Å². The van der Waals surface area contributed by atoms with Crippen LogP contribution in [0.25, 0.3) is 0 Å². The van der Waals surface area contributed by atoms with E-state index in [-0.39, 0.29) is 11.4 Å². The van der Waals surface area contributed by atoms with Gasteiger partial charge in [-0.2, -0.15) is 0 Å². The molecule has 6 N–H and O–H groups in total. The normalized spacial score (nSPS) is 12.5. The number of benzene rings is 1. The monoisotopic (exact) mass is 273 g/mol. The molecule has 0 bridgehead atoms. The van der Waals surface area contributed by atoms with Gasteiger partial charge in [-0.25, -0.2) is 13.6 Å². The lowest BCUT2D eigenvalue weighted by atomic mass is 10.1. The number of anilines is 2. The number of hydrogen-bond acceptors (Lipinski definition) is 5. The van der Waals surface area contributed by atoms with Gasteiger partial charge in [-0.05, 0) is 38.5 Å². The molecule has 6 nitrogen and oxygen atoms in total. The molecule has 0 aromatic heterocycles. The molecule has 0 saturated carbocycles. The molecular weight excluding hydrogens is 254 g/mol. The summed E-state index contributed by atoms with van der Waals surface area (Å²) in [5.74, 6) is 0. The third-order valence-electron chi connectivity index (χ3n) is 2.40. The highest BCUT2D eigenvalue weighted by atomic mass is 32.2. The molecule has 0 saturated heterocycles. The molecule has 0 atom stereocenters. The minimum Gasteiger partial charge on any atom is -0.399 e. The fraction of sp³-hybridized carbons (Fsp3) is 0.455. The van der Waals surface area contributed by atoms with Gasteiger partial charge in [0.2, 0.25) is 10.0 Å². The van der Waals surface area contributed by atoms with Crippen molar-refractivity contribution in [2.75, 3.05) is 17.6 Å². The molecule has 18 heavy (non-hydrogen) atoms. The molecule has 0 aliphatic rings. The van der Waals surface area contributed by atoms with Crippen LogP contribution in [-0.4, -0.2) is 25.7 Å². The van der Waals surface area contributed by atoms with E-state index < -0.39 is 15.6 Å². The summed E-state index contributed by atoms with van der Waals surface area (Å²) in [7, 11) is -3.81. The number of nitrogen functional groups attached to an aromatic ring is 1. The number of aliphatic hydroxyl groups is 1. The molecule has 1 aromatic rings. The van der Waals surface area contributed by atoms with Gasteiger partial charge < -0.3 is 16.2 Å². The number of nitrogens with two attached hydrogens (primary N) is 2. The Morgan fingerprint density at radius 1 is 1.39 bits per heavy atom. The molecule has 0 radical (unpaired) electrons. The second kappa shape index (κ2) is 4.75. The third-order valence-corrected chi connectivity index (χ3v) is 3.44. The Morgan fingerprint density at radius 3 is 2.39 bits per heavy atom. The van der Waals surface area contributed by atoms with E-state index in [4.69, 9.17) is 10.9 Å². The first-order valence-electron chi connectivity index (χ1n) is 5.40. The van der Waals surface area contributed by atoms with Crippen molar-refractivity contribution in [3.05, 3.63) is 17.7 Å². The summed E-state index contributed by atoms with van der Waals surface area (Å²) in [5.41, 5.74) is 6.04. The van der Waals surface area contributed by atoms with Crippen LogP contribution in [0.15, 0.2) is 17.0 Å². The number of nitrogens with one attached hydrogen (secondary N) is 1. The molecule has 1 rings (SSSR count). The van der Waals surface area contributed by atoms with Crippen molar-refractivity contribution in [3.63, 3.8) is 0 Å². The van der Waals surface area contributed by atoms with E-state index in [0.717, 1.165) is 0 Å². The van der Waals surface area contributed by atoms with E-state index >= 15 is 0 Å². The Morgan fingerprint density at radius 2 is 1.94 bits per heavy atom. The first-order chi connectivity index (χ1) is 8.00. The van der Waals surface area contributed by atoms with E-state index in [0.29, 0.717) is 16.9 Å². The quantitative estimate of drug-likeness (QED) is 0.592. The molecule has 1 aromatic carbocycles. The van der Waals surface area contributed by atoms with E-state index in [1.807, 2.05) is 0 Å². The Balaban J connectivity index is 3.18. The van der Waals surface area contributed by atoms with Gasteiger partial charge in [0.1, 0.15) is 0 Å². The standard InChI is InChI=1S/C11H19N3O3S/c1-7-9(14-6-11(2,3)15)4-8(12)5-10(7)18(13,16)17/h4-5,14-15H,6,12H2,1-3H3,(H2,13,16,17). The van der Waals surface area contributed by atoms with Crippen LogP contribution in [0.2, 0.25) is 0 Å². The number of sulfonamides is 1. The zero-order valence-corrected chi connectivity index (χ0v) is 11.5. The second-order valence-corrected chi connectivity index (χ2v) is 6.43. The number of rotatable bonds is 4. The average Bonchev–Trinajstić information content (AvgIpc) is 2.16. The number of primary sulfonamides is 1. The van der Waals surface area contributed by atoms with Crippen molar-refractivity contribution >= 4 is 21.4 Å². The van der Waals surface area contributed by atoms with Crippen LogP contribution < -0.4 is 16.2 Å². The zero-order chi connectivity index (χ0) is 14.1. The van der Waals surface area contributed by atoms with E-state index in [9.17, 15) is 13.5 Å². The van der Waals surface area contributed by atoms with Crippen molar-refractivity contribution in [2.24, 2.45) is 5.14 Å². The molecule has 0 unspecified atom stereocenters. The Labute approximate surface area is 107 Å². The molecule has 0 amide bonds. The van der Waals surface area contributed by atoms with Crippen molar-refractivity contribution in [1.29, 1.82) is 0 Å². The van der Waals surface area contributed by atoms with Gasteiger partial charge >= 0.3 is 0 Å². The lowest BCUT2D eigenvalue weighted by molar-refractivity contribution is 0.0945. The largest absolute Gasteiger partial charge is 0.399 e. The fourth-order valence-electron chi connectivity index (χ4n) is 1.50. The van der Waals surface area contributed by atoms with E-state index in [1.54, 1.807) is 26.8 Å². The van der Waals surface area contributed by atoms with Crippen LogP contribution in [0.1, 0.15) is 19.4 Å². The van der Waals surface area contributed by atoms with Crippen molar-refractivity contribution < 1.29 is 13.5 Å². The Hall–Kier alpha value is -1.31. The third kappa shape index (κ3) is 3.86. The Bertz CT molecular complexity index is 547. The van der Waals surface area contributed by atoms with Gasteiger partial charge in [-0.15, -0.1) is 0 Å². The molecule has 0 spiro atoms. The average molecular weight is 273 g/mol. The maximum atomic E-state index is 11.4. The SMILES string of the molecule is Cc1c(NCC(C)(C)O)cc(N)cc1S(N)(=O)=O. The number of hydrogen-bond donors (Lipinski definition) is 4. The van der Waals surface area contributed by atoms with Gasteiger partial charge in [0.05, 0.1) is 10.5 Å². The van der Waals surface area contributed by atoms with E-state index in [1.165, 1.54) is 6.07 Å². The second-order valence-electron chi connectivity index (χ2n) is 4.90. The van der Waals surface area contributed by atoms with Gasteiger partial charge in [-0.1, -0.05) is 0 Å². The van der Waals surface area contributed by atoms with Crippen LogP contribution in [0.3, 0.4) is 0 Å². The Kier molecular flexibility index (Phi) is 3.89. The zero-order valence-electron chi connectivity index (χ0n) is 10.7. The lowest BCUT2D eigenvalue weighted by Gasteiger charge is -2.20. The van der Waals surface area contributed by atoms with Gasteiger partial charge in [0, 0.05) is 17.9 Å². The minimum atomic E-state index is -3.81. The predicted molar refractivity (Wildman–Crippen MR) is 71.8 cm³/mol.